The van der Waals surface area contributed by atoms with E-state index in [1.54, 1.807) is 23.1 Å². The molecule has 8 heteroatoms. The van der Waals surface area contributed by atoms with Crippen LogP contribution in [0.5, 0.6) is 5.75 Å². The van der Waals surface area contributed by atoms with Crippen LogP contribution in [0.1, 0.15) is 18.4 Å². The fraction of sp³-hybridized carbons (Fsp3) is 0.500. The molecule has 1 aliphatic carbocycles. The molecular weight excluding hydrogens is 358 g/mol. The first-order valence-corrected chi connectivity index (χ1v) is 9.08. The van der Waals surface area contributed by atoms with Gasteiger partial charge in [0, 0.05) is 37.2 Å². The van der Waals surface area contributed by atoms with E-state index in [4.69, 9.17) is 16.3 Å². The molecule has 1 aliphatic heterocycles. The molecule has 3 rings (SSSR count). The molecule has 2 aliphatic rings. The van der Waals surface area contributed by atoms with Crippen LogP contribution in [0.2, 0.25) is 5.02 Å². The van der Waals surface area contributed by atoms with Crippen LogP contribution in [0.3, 0.4) is 0 Å². The molecule has 1 heterocycles. The molecule has 3 amide bonds. The molecule has 0 aromatic heterocycles. The van der Waals surface area contributed by atoms with Gasteiger partial charge in [0.1, 0.15) is 5.75 Å². The third-order valence-electron chi connectivity index (χ3n) is 4.51. The fourth-order valence-corrected chi connectivity index (χ4v) is 3.01. The predicted molar refractivity (Wildman–Crippen MR) is 96.0 cm³/mol. The first kappa shape index (κ1) is 18.5. The van der Waals surface area contributed by atoms with Gasteiger partial charge in [-0.05, 0) is 43.5 Å². The Labute approximate surface area is 157 Å². The molecule has 0 radical (unpaired) electrons. The van der Waals surface area contributed by atoms with Gasteiger partial charge in [-0.2, -0.15) is 0 Å². The summed E-state index contributed by atoms with van der Waals surface area (Å²) in [6, 6.07) is 5.38. The number of halogens is 1. The van der Waals surface area contributed by atoms with E-state index in [1.807, 2.05) is 6.92 Å². The summed E-state index contributed by atoms with van der Waals surface area (Å²) in [7, 11) is 0. The number of benzene rings is 1. The molecule has 26 heavy (non-hydrogen) atoms. The minimum Gasteiger partial charge on any atom is -0.483 e. The summed E-state index contributed by atoms with van der Waals surface area (Å²) in [5.41, 5.74) is 0.863. The highest BCUT2D eigenvalue weighted by Gasteiger charge is 2.31. The van der Waals surface area contributed by atoms with Crippen LogP contribution in [0, 0.1) is 6.92 Å². The molecular formula is C18H22ClN3O4. The minimum atomic E-state index is -0.547. The molecule has 2 fully saturated rings. The number of piperazine rings is 1. The third-order valence-corrected chi connectivity index (χ3v) is 4.75. The van der Waals surface area contributed by atoms with Gasteiger partial charge in [0.15, 0.2) is 6.61 Å². The summed E-state index contributed by atoms with van der Waals surface area (Å²) in [6.45, 7) is 3.28. The lowest BCUT2D eigenvalue weighted by molar-refractivity contribution is -0.148. The number of amides is 3. The lowest BCUT2D eigenvalue weighted by atomic mass is 10.2. The number of ether oxygens (including phenoxy) is 1. The molecule has 0 atom stereocenters. The first-order valence-electron chi connectivity index (χ1n) is 8.70. The van der Waals surface area contributed by atoms with Crippen molar-refractivity contribution in [2.45, 2.75) is 25.8 Å². The minimum absolute atomic E-state index is 0.0708. The number of carbonyl (C=O) groups is 3. The van der Waals surface area contributed by atoms with Crippen molar-refractivity contribution in [2.24, 2.45) is 0 Å². The van der Waals surface area contributed by atoms with Crippen LogP contribution >= 0.6 is 11.6 Å². The van der Waals surface area contributed by atoms with Gasteiger partial charge in [0.05, 0.1) is 0 Å². The van der Waals surface area contributed by atoms with Gasteiger partial charge in [0.2, 0.25) is 0 Å². The Morgan fingerprint density at radius 3 is 2.42 bits per heavy atom. The van der Waals surface area contributed by atoms with E-state index in [9.17, 15) is 14.4 Å². The van der Waals surface area contributed by atoms with Gasteiger partial charge in [-0.15, -0.1) is 0 Å². The summed E-state index contributed by atoms with van der Waals surface area (Å²) < 4.78 is 5.58. The van der Waals surface area contributed by atoms with Crippen molar-refractivity contribution in [3.8, 4) is 5.75 Å². The van der Waals surface area contributed by atoms with E-state index in [1.165, 1.54) is 4.90 Å². The van der Waals surface area contributed by atoms with Gasteiger partial charge in [-0.3, -0.25) is 14.4 Å². The zero-order chi connectivity index (χ0) is 18.7. The molecule has 1 aromatic rings. The first-order chi connectivity index (χ1) is 12.4. The topological polar surface area (TPSA) is 79.0 Å². The van der Waals surface area contributed by atoms with E-state index >= 15 is 0 Å². The quantitative estimate of drug-likeness (QED) is 0.791. The maximum Gasteiger partial charge on any atom is 0.312 e. The molecule has 1 saturated heterocycles. The van der Waals surface area contributed by atoms with E-state index in [-0.39, 0.29) is 18.6 Å². The number of nitrogens with one attached hydrogen (secondary N) is 1. The van der Waals surface area contributed by atoms with Crippen molar-refractivity contribution in [3.05, 3.63) is 28.8 Å². The molecule has 1 N–H and O–H groups in total. The summed E-state index contributed by atoms with van der Waals surface area (Å²) in [5, 5.41) is 3.31. The fourth-order valence-electron chi connectivity index (χ4n) is 2.78. The number of carbonyl (C=O) groups excluding carboxylic acids is 3. The number of nitrogens with zero attached hydrogens (tertiary/aromatic N) is 2. The van der Waals surface area contributed by atoms with Crippen LogP contribution in [-0.2, 0) is 14.4 Å². The number of aryl methyl sites for hydroxylation is 1. The predicted octanol–water partition coefficient (Wildman–Crippen LogP) is 0.977. The van der Waals surface area contributed by atoms with Gasteiger partial charge in [0.25, 0.3) is 5.91 Å². The van der Waals surface area contributed by atoms with Gasteiger partial charge < -0.3 is 19.9 Å². The molecule has 140 valence electrons. The van der Waals surface area contributed by atoms with Crippen LogP contribution in [-0.4, -0.2) is 66.3 Å². The molecule has 0 bridgehead atoms. The molecule has 0 spiro atoms. The van der Waals surface area contributed by atoms with Crippen LogP contribution in [0.4, 0.5) is 0 Å². The van der Waals surface area contributed by atoms with Crippen LogP contribution < -0.4 is 10.1 Å². The average molecular weight is 380 g/mol. The van der Waals surface area contributed by atoms with E-state index in [0.717, 1.165) is 18.4 Å². The van der Waals surface area contributed by atoms with Crippen molar-refractivity contribution in [2.75, 3.05) is 32.8 Å². The maximum atomic E-state index is 12.3. The van der Waals surface area contributed by atoms with Crippen molar-refractivity contribution in [1.29, 1.82) is 0 Å². The maximum absolute atomic E-state index is 12.3. The Morgan fingerprint density at radius 2 is 1.81 bits per heavy atom. The van der Waals surface area contributed by atoms with Crippen molar-refractivity contribution in [1.82, 2.24) is 15.1 Å². The Morgan fingerprint density at radius 1 is 1.15 bits per heavy atom. The Bertz CT molecular complexity index is 712. The molecule has 0 unspecified atom stereocenters. The smallest absolute Gasteiger partial charge is 0.312 e. The highest BCUT2D eigenvalue weighted by Crippen LogP contribution is 2.22. The zero-order valence-corrected chi connectivity index (χ0v) is 15.4. The number of rotatable bonds is 4. The SMILES string of the molecule is Cc1cc(Cl)ccc1OCC(=O)N1CCN(C(=O)C(=O)NC2CC2)CC1. The van der Waals surface area contributed by atoms with Gasteiger partial charge in [-0.25, -0.2) is 0 Å². The second-order valence-electron chi connectivity index (χ2n) is 6.62. The molecule has 7 nitrogen and oxygen atoms in total. The highest BCUT2D eigenvalue weighted by molar-refractivity contribution is 6.35. The highest BCUT2D eigenvalue weighted by atomic mass is 35.5. The number of hydrogen-bond donors (Lipinski definition) is 1. The van der Waals surface area contributed by atoms with E-state index in [2.05, 4.69) is 5.32 Å². The standard InChI is InChI=1S/C18H22ClN3O4/c1-12-10-13(19)2-5-15(12)26-11-16(23)21-6-8-22(9-7-21)18(25)17(24)20-14-3-4-14/h2,5,10,14H,3-4,6-9,11H2,1H3,(H,20,24). The molecule has 1 saturated carbocycles. The summed E-state index contributed by atoms with van der Waals surface area (Å²) in [4.78, 5) is 39.3. The average Bonchev–Trinajstić information content (AvgIpc) is 3.44. The van der Waals surface area contributed by atoms with E-state index in [0.29, 0.717) is 37.0 Å². The Kier molecular flexibility index (Phi) is 5.66. The summed E-state index contributed by atoms with van der Waals surface area (Å²) in [5.74, 6) is -0.590. The Hall–Kier alpha value is -2.28. The van der Waals surface area contributed by atoms with Gasteiger partial charge in [-0.1, -0.05) is 11.6 Å². The van der Waals surface area contributed by atoms with E-state index < -0.39 is 11.8 Å². The second kappa shape index (κ2) is 7.95. The van der Waals surface area contributed by atoms with Gasteiger partial charge >= 0.3 is 11.8 Å². The van der Waals surface area contributed by atoms with Crippen molar-refractivity contribution >= 4 is 29.3 Å². The van der Waals surface area contributed by atoms with Crippen molar-refractivity contribution < 1.29 is 19.1 Å². The monoisotopic (exact) mass is 379 g/mol. The van der Waals surface area contributed by atoms with Crippen LogP contribution in [0.15, 0.2) is 18.2 Å². The molecule has 1 aromatic carbocycles. The number of hydrogen-bond acceptors (Lipinski definition) is 4. The Balaban J connectivity index is 1.44. The zero-order valence-electron chi connectivity index (χ0n) is 14.7. The largest absolute Gasteiger partial charge is 0.483 e. The second-order valence-corrected chi connectivity index (χ2v) is 7.06. The normalized spacial score (nSPS) is 17.0. The lowest BCUT2D eigenvalue weighted by Gasteiger charge is -2.34. The summed E-state index contributed by atoms with van der Waals surface area (Å²) >= 11 is 5.90. The third kappa shape index (κ3) is 4.66. The van der Waals surface area contributed by atoms with Crippen LogP contribution in [0.25, 0.3) is 0 Å². The summed E-state index contributed by atoms with van der Waals surface area (Å²) in [6.07, 6.45) is 1.88. The lowest BCUT2D eigenvalue weighted by Crippen LogP contribution is -2.54. The van der Waals surface area contributed by atoms with Crippen molar-refractivity contribution in [3.63, 3.8) is 0 Å².